The van der Waals surface area contributed by atoms with E-state index in [-0.39, 0.29) is 35.5 Å². The lowest BCUT2D eigenvalue weighted by Gasteiger charge is -2.14. The molecule has 1 heterocycles. The molecule has 2 aromatic rings. The molecule has 7 heteroatoms. The van der Waals surface area contributed by atoms with E-state index in [0.717, 1.165) is 21.5 Å². The maximum Gasteiger partial charge on any atom is 0.254 e. The van der Waals surface area contributed by atoms with Gasteiger partial charge in [0.05, 0.1) is 25.2 Å². The number of imide groups is 1. The minimum absolute atomic E-state index is 0.166. The minimum atomic E-state index is -0.258. The zero-order chi connectivity index (χ0) is 21.5. The van der Waals surface area contributed by atoms with Gasteiger partial charge in [-0.3, -0.25) is 9.59 Å². The summed E-state index contributed by atoms with van der Waals surface area (Å²) < 4.78 is 12.1. The van der Waals surface area contributed by atoms with Gasteiger partial charge in [0, 0.05) is 10.0 Å². The highest BCUT2D eigenvalue weighted by Crippen LogP contribution is 2.52. The lowest BCUT2D eigenvalue weighted by molar-refractivity contribution is -0.140. The van der Waals surface area contributed by atoms with E-state index in [9.17, 15) is 9.59 Å². The molecule has 4 atom stereocenters. The van der Waals surface area contributed by atoms with Crippen molar-refractivity contribution >= 4 is 34.0 Å². The van der Waals surface area contributed by atoms with E-state index in [4.69, 9.17) is 9.47 Å². The lowest BCUT2D eigenvalue weighted by Crippen LogP contribution is -2.28. The number of hydrogen-bond donors (Lipinski definition) is 0. The average molecular weight is 481 g/mol. The van der Waals surface area contributed by atoms with Gasteiger partial charge >= 0.3 is 0 Å². The van der Waals surface area contributed by atoms with Gasteiger partial charge in [0.15, 0.2) is 11.5 Å². The van der Waals surface area contributed by atoms with Gasteiger partial charge in [0.1, 0.15) is 6.61 Å². The summed E-state index contributed by atoms with van der Waals surface area (Å²) in [6, 6.07) is 13.4. The number of allylic oxidation sites excluding steroid dienone is 2. The molecule has 2 amide bonds. The number of amides is 2. The first-order valence-electron chi connectivity index (χ1n) is 10.2. The van der Waals surface area contributed by atoms with Crippen LogP contribution in [-0.4, -0.2) is 30.1 Å². The molecule has 1 aliphatic heterocycles. The minimum Gasteiger partial charge on any atom is -0.493 e. The number of hydrazone groups is 1. The maximum atomic E-state index is 12.8. The van der Waals surface area contributed by atoms with Crippen LogP contribution in [0, 0.1) is 23.7 Å². The maximum absolute atomic E-state index is 12.8. The fourth-order valence-electron chi connectivity index (χ4n) is 4.78. The van der Waals surface area contributed by atoms with Crippen LogP contribution in [-0.2, 0) is 16.2 Å². The van der Waals surface area contributed by atoms with E-state index in [1.807, 2.05) is 30.3 Å². The van der Waals surface area contributed by atoms with E-state index in [2.05, 4.69) is 33.2 Å². The molecule has 5 rings (SSSR count). The molecule has 2 aliphatic carbocycles. The Morgan fingerprint density at radius 1 is 1.06 bits per heavy atom. The summed E-state index contributed by atoms with van der Waals surface area (Å²) in [5, 5.41) is 5.29. The standard InChI is InChI=1S/C24H21BrN2O4/c1-30-19-10-17(18(25)11-20(19)31-13-14-5-3-2-4-6-14)12-26-27-23(28)21-15-7-8-16(9-15)22(21)24(27)29/h2-8,10-12,15-16,21-22H,9,13H2,1H3/t15-,16-,21-,22+/m0/s1. The summed E-state index contributed by atoms with van der Waals surface area (Å²) in [6.45, 7) is 0.410. The van der Waals surface area contributed by atoms with Crippen LogP contribution in [0.2, 0.25) is 0 Å². The van der Waals surface area contributed by atoms with Crippen molar-refractivity contribution in [3.8, 4) is 11.5 Å². The van der Waals surface area contributed by atoms with Crippen molar-refractivity contribution < 1.29 is 19.1 Å². The molecule has 2 aromatic carbocycles. The van der Waals surface area contributed by atoms with Crippen molar-refractivity contribution in [3.05, 3.63) is 70.2 Å². The van der Waals surface area contributed by atoms with Crippen LogP contribution in [0.15, 0.2) is 64.2 Å². The molecule has 1 saturated heterocycles. The Bertz CT molecular complexity index is 1070. The van der Waals surface area contributed by atoms with Crippen LogP contribution in [0.3, 0.4) is 0 Å². The molecule has 0 unspecified atom stereocenters. The summed E-state index contributed by atoms with van der Waals surface area (Å²) >= 11 is 3.53. The molecule has 1 saturated carbocycles. The van der Waals surface area contributed by atoms with Gasteiger partial charge < -0.3 is 9.47 Å². The Kier molecular flexibility index (Phi) is 5.14. The van der Waals surface area contributed by atoms with Gasteiger partial charge in [-0.05, 0) is 51.9 Å². The number of methoxy groups -OCH3 is 1. The second kappa shape index (κ2) is 7.96. The molecule has 2 fully saturated rings. The summed E-state index contributed by atoms with van der Waals surface area (Å²) in [5.41, 5.74) is 1.73. The van der Waals surface area contributed by atoms with Crippen LogP contribution in [0.4, 0.5) is 0 Å². The monoisotopic (exact) mass is 480 g/mol. The van der Waals surface area contributed by atoms with Crippen molar-refractivity contribution in [2.75, 3.05) is 7.11 Å². The summed E-state index contributed by atoms with van der Waals surface area (Å²) in [5.74, 6) is 0.541. The van der Waals surface area contributed by atoms with E-state index in [1.54, 1.807) is 19.2 Å². The molecule has 0 radical (unpaired) electrons. The molecule has 0 N–H and O–H groups in total. The summed E-state index contributed by atoms with van der Waals surface area (Å²) in [6.07, 6.45) is 6.55. The SMILES string of the molecule is COc1cc(C=NN2C(=O)[C@@H]3[C@H](C2=O)[C@H]2C=C[C@H]3C2)c(Br)cc1OCc1ccccc1. The van der Waals surface area contributed by atoms with Gasteiger partial charge in [-0.15, -0.1) is 0 Å². The number of carbonyl (C=O) groups is 2. The predicted molar refractivity (Wildman–Crippen MR) is 119 cm³/mol. The molecular formula is C24H21BrN2O4. The van der Waals surface area contributed by atoms with Gasteiger partial charge in [0.2, 0.25) is 0 Å². The third-order valence-electron chi connectivity index (χ3n) is 6.28. The fraction of sp³-hybridized carbons (Fsp3) is 0.292. The molecule has 158 valence electrons. The molecule has 6 nitrogen and oxygen atoms in total. The van der Waals surface area contributed by atoms with Crippen molar-refractivity contribution in [1.29, 1.82) is 0 Å². The first-order valence-corrected chi connectivity index (χ1v) is 11.0. The van der Waals surface area contributed by atoms with Gasteiger partial charge in [-0.2, -0.15) is 10.1 Å². The fourth-order valence-corrected chi connectivity index (χ4v) is 5.20. The van der Waals surface area contributed by atoms with Gasteiger partial charge in [0.25, 0.3) is 11.8 Å². The summed E-state index contributed by atoms with van der Waals surface area (Å²) in [4.78, 5) is 25.6. The number of fused-ring (bicyclic) bond motifs is 5. The Morgan fingerprint density at radius 3 is 2.39 bits per heavy atom. The van der Waals surface area contributed by atoms with Crippen molar-refractivity contribution in [2.24, 2.45) is 28.8 Å². The molecule has 0 spiro atoms. The number of benzene rings is 2. The van der Waals surface area contributed by atoms with E-state index < -0.39 is 0 Å². The first-order chi connectivity index (χ1) is 15.1. The number of rotatable bonds is 6. The second-order valence-electron chi connectivity index (χ2n) is 8.03. The predicted octanol–water partition coefficient (Wildman–Crippen LogP) is 4.18. The highest BCUT2D eigenvalue weighted by Gasteiger charge is 2.59. The van der Waals surface area contributed by atoms with Crippen LogP contribution in [0.1, 0.15) is 17.5 Å². The zero-order valence-electron chi connectivity index (χ0n) is 16.9. The largest absolute Gasteiger partial charge is 0.493 e. The number of carbonyl (C=O) groups excluding carboxylic acids is 2. The van der Waals surface area contributed by atoms with Gasteiger partial charge in [-0.25, -0.2) is 0 Å². The van der Waals surface area contributed by atoms with Crippen molar-refractivity contribution in [3.63, 3.8) is 0 Å². The average Bonchev–Trinajstić information content (AvgIpc) is 3.47. The van der Waals surface area contributed by atoms with E-state index in [0.29, 0.717) is 23.7 Å². The van der Waals surface area contributed by atoms with Gasteiger partial charge in [-0.1, -0.05) is 42.5 Å². The second-order valence-corrected chi connectivity index (χ2v) is 8.89. The normalized spacial score (nSPS) is 26.2. The Labute approximate surface area is 188 Å². The third kappa shape index (κ3) is 3.47. The number of ether oxygens (including phenoxy) is 2. The number of nitrogens with zero attached hydrogens (tertiary/aromatic N) is 2. The highest BCUT2D eigenvalue weighted by molar-refractivity contribution is 9.10. The van der Waals surface area contributed by atoms with Crippen LogP contribution < -0.4 is 9.47 Å². The topological polar surface area (TPSA) is 68.2 Å². The zero-order valence-corrected chi connectivity index (χ0v) is 18.5. The Morgan fingerprint density at radius 2 is 1.74 bits per heavy atom. The van der Waals surface area contributed by atoms with Crippen LogP contribution >= 0.6 is 15.9 Å². The third-order valence-corrected chi connectivity index (χ3v) is 6.97. The van der Waals surface area contributed by atoms with Crippen LogP contribution in [0.25, 0.3) is 0 Å². The van der Waals surface area contributed by atoms with Crippen LogP contribution in [0.5, 0.6) is 11.5 Å². The van der Waals surface area contributed by atoms with Crippen molar-refractivity contribution in [1.82, 2.24) is 5.01 Å². The van der Waals surface area contributed by atoms with E-state index in [1.165, 1.54) is 6.21 Å². The highest BCUT2D eigenvalue weighted by atomic mass is 79.9. The van der Waals surface area contributed by atoms with E-state index >= 15 is 0 Å². The summed E-state index contributed by atoms with van der Waals surface area (Å²) in [7, 11) is 1.57. The Hall–Kier alpha value is -2.93. The molecule has 31 heavy (non-hydrogen) atoms. The number of hydrogen-bond acceptors (Lipinski definition) is 5. The molecule has 3 aliphatic rings. The van der Waals surface area contributed by atoms with Crippen molar-refractivity contribution in [2.45, 2.75) is 13.0 Å². The molecular weight excluding hydrogens is 460 g/mol. The smallest absolute Gasteiger partial charge is 0.254 e. The number of halogens is 1. The Balaban J connectivity index is 1.34. The molecule has 2 bridgehead atoms. The quantitative estimate of drug-likeness (QED) is 0.353. The lowest BCUT2D eigenvalue weighted by atomic mass is 9.85. The first kappa shape index (κ1) is 20.0. The molecule has 0 aromatic heterocycles.